The molecule has 1 aromatic heterocycles. The molecule has 3 rings (SSSR count). The number of para-hydroxylation sites is 1. The first-order valence-corrected chi connectivity index (χ1v) is 8.42. The molecule has 26 heavy (non-hydrogen) atoms. The van der Waals surface area contributed by atoms with Crippen LogP contribution in [0.2, 0.25) is 0 Å². The molecule has 0 radical (unpaired) electrons. The van der Waals surface area contributed by atoms with E-state index in [-0.39, 0.29) is 15.6 Å². The van der Waals surface area contributed by atoms with Crippen molar-refractivity contribution < 1.29 is 14.5 Å². The molecule has 0 spiro atoms. The van der Waals surface area contributed by atoms with E-state index in [1.807, 2.05) is 0 Å². The number of pyridine rings is 1. The van der Waals surface area contributed by atoms with Gasteiger partial charge in [0.1, 0.15) is 5.56 Å². The Kier molecular flexibility index (Phi) is 5.05. The van der Waals surface area contributed by atoms with Crippen molar-refractivity contribution in [2.75, 3.05) is 0 Å². The van der Waals surface area contributed by atoms with E-state index >= 15 is 0 Å². The zero-order valence-electron chi connectivity index (χ0n) is 13.0. The lowest BCUT2D eigenvalue weighted by atomic mass is 10.2. The van der Waals surface area contributed by atoms with Crippen molar-refractivity contribution in [1.82, 2.24) is 15.4 Å². The second kappa shape index (κ2) is 7.42. The summed E-state index contributed by atoms with van der Waals surface area (Å²) in [4.78, 5) is 39.5. The SMILES string of the molecule is O=C(NN1C(=O)/C(=C/c2cccnc2)SC1=S)c1ccccc1[N+](=O)[O-]. The normalized spacial score (nSPS) is 15.4. The number of hydrogen-bond donors (Lipinski definition) is 1. The smallest absolute Gasteiger partial charge is 0.267 e. The number of amides is 2. The number of nitrogens with zero attached hydrogens (tertiary/aromatic N) is 3. The fourth-order valence-electron chi connectivity index (χ4n) is 2.16. The summed E-state index contributed by atoms with van der Waals surface area (Å²) in [5.74, 6) is -1.31. The van der Waals surface area contributed by atoms with E-state index in [9.17, 15) is 19.7 Å². The fraction of sp³-hybridized carbons (Fsp3) is 0. The van der Waals surface area contributed by atoms with Crippen molar-refractivity contribution in [1.29, 1.82) is 0 Å². The van der Waals surface area contributed by atoms with Crippen molar-refractivity contribution in [2.24, 2.45) is 0 Å². The summed E-state index contributed by atoms with van der Waals surface area (Å²) in [6, 6.07) is 8.95. The number of hydrazine groups is 1. The Balaban J connectivity index is 1.82. The predicted octanol–water partition coefficient (Wildman–Crippen LogP) is 2.54. The number of thiocarbonyl (C=S) groups is 1. The lowest BCUT2D eigenvalue weighted by molar-refractivity contribution is -0.385. The molecule has 0 atom stereocenters. The van der Waals surface area contributed by atoms with Crippen molar-refractivity contribution in [2.45, 2.75) is 0 Å². The molecule has 2 aromatic rings. The highest BCUT2D eigenvalue weighted by atomic mass is 32.2. The maximum Gasteiger partial charge on any atom is 0.285 e. The van der Waals surface area contributed by atoms with Crippen LogP contribution in [-0.4, -0.2) is 31.1 Å². The van der Waals surface area contributed by atoms with Crippen LogP contribution in [0, 0.1) is 10.1 Å². The van der Waals surface area contributed by atoms with E-state index in [1.165, 1.54) is 24.3 Å². The number of nitro groups is 1. The second-order valence-corrected chi connectivity index (χ2v) is 6.69. The van der Waals surface area contributed by atoms with Crippen LogP contribution in [0.3, 0.4) is 0 Å². The third kappa shape index (κ3) is 3.60. The summed E-state index contributed by atoms with van der Waals surface area (Å²) in [6.45, 7) is 0. The zero-order valence-corrected chi connectivity index (χ0v) is 14.6. The van der Waals surface area contributed by atoms with Gasteiger partial charge >= 0.3 is 0 Å². The molecule has 1 fully saturated rings. The van der Waals surface area contributed by atoms with E-state index in [1.54, 1.807) is 30.6 Å². The van der Waals surface area contributed by atoms with E-state index < -0.39 is 16.7 Å². The van der Waals surface area contributed by atoms with Gasteiger partial charge < -0.3 is 0 Å². The third-order valence-corrected chi connectivity index (χ3v) is 4.64. The summed E-state index contributed by atoms with van der Waals surface area (Å²) < 4.78 is 0.122. The van der Waals surface area contributed by atoms with Gasteiger partial charge in [-0.25, -0.2) is 0 Å². The van der Waals surface area contributed by atoms with Crippen molar-refractivity contribution in [3.8, 4) is 0 Å². The van der Waals surface area contributed by atoms with Crippen LogP contribution in [0.25, 0.3) is 6.08 Å². The summed E-state index contributed by atoms with van der Waals surface area (Å²) in [6.07, 6.45) is 4.79. The Labute approximate surface area is 157 Å². The molecule has 0 saturated carbocycles. The topological polar surface area (TPSA) is 105 Å². The number of carbonyl (C=O) groups is 2. The van der Waals surface area contributed by atoms with Gasteiger partial charge in [-0.1, -0.05) is 30.0 Å². The minimum atomic E-state index is -0.795. The highest BCUT2D eigenvalue weighted by molar-refractivity contribution is 8.26. The first-order valence-electron chi connectivity index (χ1n) is 7.20. The van der Waals surface area contributed by atoms with Crippen molar-refractivity contribution in [3.63, 3.8) is 0 Å². The summed E-state index contributed by atoms with van der Waals surface area (Å²) in [5, 5.41) is 12.0. The number of rotatable bonds is 4. The monoisotopic (exact) mass is 386 g/mol. The van der Waals surface area contributed by atoms with Crippen molar-refractivity contribution >= 4 is 51.9 Å². The maximum absolute atomic E-state index is 12.5. The van der Waals surface area contributed by atoms with Crippen LogP contribution < -0.4 is 5.43 Å². The number of hydrogen-bond acceptors (Lipinski definition) is 7. The molecule has 8 nitrogen and oxygen atoms in total. The van der Waals surface area contributed by atoms with Gasteiger partial charge in [0.25, 0.3) is 17.5 Å². The van der Waals surface area contributed by atoms with Gasteiger partial charge in [-0.15, -0.1) is 0 Å². The van der Waals surface area contributed by atoms with Gasteiger partial charge in [0.15, 0.2) is 4.32 Å². The lowest BCUT2D eigenvalue weighted by Crippen LogP contribution is -2.45. The predicted molar refractivity (Wildman–Crippen MR) is 99.8 cm³/mol. The first-order chi connectivity index (χ1) is 12.5. The molecule has 1 saturated heterocycles. The first kappa shape index (κ1) is 17.7. The number of carbonyl (C=O) groups excluding carboxylic acids is 2. The van der Waals surface area contributed by atoms with Crippen LogP contribution in [0.4, 0.5) is 5.69 Å². The zero-order chi connectivity index (χ0) is 18.7. The third-order valence-electron chi connectivity index (χ3n) is 3.33. The molecule has 1 aliphatic rings. The van der Waals surface area contributed by atoms with Crippen LogP contribution in [0.5, 0.6) is 0 Å². The van der Waals surface area contributed by atoms with Gasteiger partial charge in [-0.3, -0.25) is 30.1 Å². The molecular weight excluding hydrogens is 376 g/mol. The molecule has 1 aliphatic heterocycles. The molecule has 1 N–H and O–H groups in total. The lowest BCUT2D eigenvalue weighted by Gasteiger charge is -2.15. The Morgan fingerprint density at radius 2 is 2.08 bits per heavy atom. The Hall–Kier alpha value is -3.11. The maximum atomic E-state index is 12.5. The molecule has 1 aromatic carbocycles. The highest BCUT2D eigenvalue weighted by Gasteiger charge is 2.34. The minimum Gasteiger partial charge on any atom is -0.267 e. The quantitative estimate of drug-likeness (QED) is 0.372. The van der Waals surface area contributed by atoms with Crippen LogP contribution in [0.15, 0.2) is 53.7 Å². The Bertz CT molecular complexity index is 946. The van der Waals surface area contributed by atoms with E-state index in [0.717, 1.165) is 16.8 Å². The van der Waals surface area contributed by atoms with Crippen LogP contribution >= 0.6 is 24.0 Å². The summed E-state index contributed by atoms with van der Waals surface area (Å²) in [5.41, 5.74) is 2.51. The fourth-order valence-corrected chi connectivity index (χ4v) is 3.34. The number of thioether (sulfide) groups is 1. The van der Waals surface area contributed by atoms with Gasteiger partial charge in [0, 0.05) is 18.5 Å². The molecular formula is C16H10N4O4S2. The number of nitro benzene ring substituents is 1. The van der Waals surface area contributed by atoms with Crippen LogP contribution in [0.1, 0.15) is 15.9 Å². The summed E-state index contributed by atoms with van der Waals surface area (Å²) >= 11 is 6.14. The second-order valence-electron chi connectivity index (χ2n) is 5.02. The average molecular weight is 386 g/mol. The molecule has 2 amide bonds. The molecule has 0 bridgehead atoms. The molecule has 10 heteroatoms. The van der Waals surface area contributed by atoms with E-state index in [2.05, 4.69) is 10.4 Å². The van der Waals surface area contributed by atoms with E-state index in [4.69, 9.17) is 12.2 Å². The van der Waals surface area contributed by atoms with Crippen LogP contribution in [-0.2, 0) is 4.79 Å². The Morgan fingerprint density at radius 3 is 2.77 bits per heavy atom. The molecule has 0 aliphatic carbocycles. The molecule has 2 heterocycles. The standard InChI is InChI=1S/C16H10N4O4S2/c21-14(11-5-1-2-6-12(11)20(23)24)18-19-15(22)13(26-16(19)25)8-10-4-3-7-17-9-10/h1-9H,(H,18,21)/b13-8-. The highest BCUT2D eigenvalue weighted by Crippen LogP contribution is 2.31. The van der Waals surface area contributed by atoms with E-state index in [0.29, 0.717) is 10.5 Å². The largest absolute Gasteiger partial charge is 0.285 e. The summed E-state index contributed by atoms with van der Waals surface area (Å²) in [7, 11) is 0. The average Bonchev–Trinajstić information content (AvgIpc) is 2.90. The van der Waals surface area contributed by atoms with Crippen molar-refractivity contribution in [3.05, 3.63) is 74.9 Å². The minimum absolute atomic E-state index is 0.122. The van der Waals surface area contributed by atoms with Gasteiger partial charge in [0.2, 0.25) is 0 Å². The number of aromatic nitrogens is 1. The molecule has 130 valence electrons. The van der Waals surface area contributed by atoms with Gasteiger partial charge in [-0.2, -0.15) is 5.01 Å². The number of nitrogens with one attached hydrogen (secondary N) is 1. The molecule has 0 unspecified atom stereocenters. The Morgan fingerprint density at radius 1 is 1.31 bits per heavy atom. The number of benzene rings is 1. The van der Waals surface area contributed by atoms with Gasteiger partial charge in [-0.05, 0) is 36.0 Å². The van der Waals surface area contributed by atoms with Gasteiger partial charge in [0.05, 0.1) is 9.83 Å².